The van der Waals surface area contributed by atoms with Gasteiger partial charge in [0.15, 0.2) is 0 Å². The lowest BCUT2D eigenvalue weighted by atomic mass is 10.3. The Hall–Kier alpha value is -0.0600. The predicted molar refractivity (Wildman–Crippen MR) is 76.2 cm³/mol. The highest BCUT2D eigenvalue weighted by Gasteiger charge is 2.11. The SMILES string of the molecule is O=[N+]([O-])c1ccc(SCCS(=O)(=O)Cl)c(I)c1. The molecule has 0 aromatic heterocycles. The van der Waals surface area contributed by atoms with Crippen LogP contribution in [0, 0.1) is 13.7 Å². The average molecular weight is 408 g/mol. The van der Waals surface area contributed by atoms with Gasteiger partial charge in [-0.25, -0.2) is 8.42 Å². The Morgan fingerprint density at radius 1 is 1.47 bits per heavy atom. The second-order valence-corrected chi connectivity index (χ2v) is 8.16. The van der Waals surface area contributed by atoms with Crippen LogP contribution in [-0.4, -0.2) is 24.8 Å². The van der Waals surface area contributed by atoms with Crippen molar-refractivity contribution in [2.24, 2.45) is 0 Å². The molecule has 1 aromatic carbocycles. The second kappa shape index (κ2) is 6.21. The molecule has 0 N–H and O–H groups in total. The van der Waals surface area contributed by atoms with Gasteiger partial charge in [0.25, 0.3) is 5.69 Å². The van der Waals surface area contributed by atoms with E-state index in [4.69, 9.17) is 10.7 Å². The Kier molecular flexibility index (Phi) is 5.48. The molecule has 0 aliphatic carbocycles. The van der Waals surface area contributed by atoms with Gasteiger partial charge in [0.2, 0.25) is 9.05 Å². The number of halogens is 2. The number of hydrogen-bond acceptors (Lipinski definition) is 5. The molecule has 1 aromatic rings. The molecule has 0 aliphatic rings. The fraction of sp³-hybridized carbons (Fsp3) is 0.250. The third kappa shape index (κ3) is 5.40. The minimum absolute atomic E-state index is 0.0173. The summed E-state index contributed by atoms with van der Waals surface area (Å²) in [4.78, 5) is 10.8. The normalized spacial score (nSPS) is 11.4. The van der Waals surface area contributed by atoms with E-state index < -0.39 is 14.0 Å². The zero-order valence-electron chi connectivity index (χ0n) is 8.30. The minimum Gasteiger partial charge on any atom is -0.258 e. The maximum atomic E-state index is 10.7. The van der Waals surface area contributed by atoms with E-state index in [1.165, 1.54) is 23.9 Å². The second-order valence-electron chi connectivity index (χ2n) is 2.96. The Morgan fingerprint density at radius 2 is 2.12 bits per heavy atom. The third-order valence-electron chi connectivity index (χ3n) is 1.71. The molecule has 0 saturated heterocycles. The van der Waals surface area contributed by atoms with Gasteiger partial charge in [0.1, 0.15) is 0 Å². The predicted octanol–water partition coefficient (Wildman–Crippen LogP) is 2.86. The van der Waals surface area contributed by atoms with E-state index in [0.717, 1.165) is 4.90 Å². The fourth-order valence-electron chi connectivity index (χ4n) is 0.972. The van der Waals surface area contributed by atoms with Crippen molar-refractivity contribution in [1.82, 2.24) is 0 Å². The lowest BCUT2D eigenvalue weighted by Crippen LogP contribution is -2.00. The van der Waals surface area contributed by atoms with Gasteiger partial charge in [0, 0.05) is 37.0 Å². The number of benzene rings is 1. The van der Waals surface area contributed by atoms with Crippen LogP contribution in [-0.2, 0) is 9.05 Å². The molecule has 0 spiro atoms. The smallest absolute Gasteiger partial charge is 0.258 e. The van der Waals surface area contributed by atoms with Crippen LogP contribution in [0.5, 0.6) is 0 Å². The molecule has 94 valence electrons. The summed E-state index contributed by atoms with van der Waals surface area (Å²) in [6, 6.07) is 4.43. The van der Waals surface area contributed by atoms with Crippen molar-refractivity contribution < 1.29 is 13.3 Å². The molecule has 17 heavy (non-hydrogen) atoms. The van der Waals surface area contributed by atoms with Crippen LogP contribution >= 0.6 is 45.0 Å². The topological polar surface area (TPSA) is 77.3 Å². The third-order valence-corrected chi connectivity index (χ3v) is 5.46. The highest BCUT2D eigenvalue weighted by atomic mass is 127. The summed E-state index contributed by atoms with van der Waals surface area (Å²) in [5.41, 5.74) is 0.0173. The summed E-state index contributed by atoms with van der Waals surface area (Å²) < 4.78 is 22.1. The van der Waals surface area contributed by atoms with Gasteiger partial charge in [-0.15, -0.1) is 11.8 Å². The molecule has 1 rings (SSSR count). The number of hydrogen-bond donors (Lipinski definition) is 0. The van der Waals surface area contributed by atoms with Gasteiger partial charge in [0.05, 0.1) is 10.7 Å². The largest absolute Gasteiger partial charge is 0.270 e. The zero-order chi connectivity index (χ0) is 13.1. The molecule has 0 radical (unpaired) electrons. The van der Waals surface area contributed by atoms with Crippen LogP contribution in [0.4, 0.5) is 5.69 Å². The molecule has 0 amide bonds. The van der Waals surface area contributed by atoms with Crippen LogP contribution in [0.15, 0.2) is 23.1 Å². The van der Waals surface area contributed by atoms with Gasteiger partial charge < -0.3 is 0 Å². The Labute approximate surface area is 121 Å². The lowest BCUT2D eigenvalue weighted by Gasteiger charge is -2.03. The molecule has 5 nitrogen and oxygen atoms in total. The minimum atomic E-state index is -3.49. The zero-order valence-corrected chi connectivity index (χ0v) is 12.8. The Morgan fingerprint density at radius 3 is 2.59 bits per heavy atom. The van der Waals surface area contributed by atoms with E-state index in [2.05, 4.69) is 0 Å². The molecular formula is C8H7ClINO4S2. The van der Waals surface area contributed by atoms with E-state index in [9.17, 15) is 18.5 Å². The molecule has 0 saturated carbocycles. The van der Waals surface area contributed by atoms with Crippen molar-refractivity contribution in [2.75, 3.05) is 11.5 Å². The first kappa shape index (κ1) is 15.0. The Bertz CT molecular complexity index is 534. The van der Waals surface area contributed by atoms with Crippen LogP contribution in [0.25, 0.3) is 0 Å². The van der Waals surface area contributed by atoms with E-state index in [0.29, 0.717) is 9.32 Å². The summed E-state index contributed by atoms with van der Waals surface area (Å²) in [5.74, 6) is 0.186. The highest BCUT2D eigenvalue weighted by Crippen LogP contribution is 2.28. The van der Waals surface area contributed by atoms with Gasteiger partial charge in [-0.1, -0.05) is 0 Å². The molecule has 0 fully saturated rings. The number of rotatable bonds is 5. The van der Waals surface area contributed by atoms with Crippen molar-refractivity contribution in [1.29, 1.82) is 0 Å². The quantitative estimate of drug-likeness (QED) is 0.247. The fourth-order valence-corrected chi connectivity index (χ4v) is 4.22. The summed E-state index contributed by atoms with van der Waals surface area (Å²) in [5, 5.41) is 10.5. The summed E-state index contributed by atoms with van der Waals surface area (Å²) in [6.07, 6.45) is 0. The van der Waals surface area contributed by atoms with Crippen LogP contribution in [0.3, 0.4) is 0 Å². The molecule has 0 atom stereocenters. The number of non-ortho nitro benzene ring substituents is 1. The van der Waals surface area contributed by atoms with Crippen LogP contribution < -0.4 is 0 Å². The van der Waals surface area contributed by atoms with Crippen molar-refractivity contribution >= 4 is 59.8 Å². The molecular weight excluding hydrogens is 401 g/mol. The van der Waals surface area contributed by atoms with Gasteiger partial charge in [-0.2, -0.15) is 0 Å². The standard InChI is InChI=1S/C8H7ClINO4S2/c9-17(14,15)4-3-16-8-2-1-6(11(12)13)5-7(8)10/h1-2,5H,3-4H2. The Balaban J connectivity index is 2.70. The van der Waals surface area contributed by atoms with Gasteiger partial charge in [-0.05, 0) is 28.7 Å². The first-order chi connectivity index (χ1) is 7.79. The lowest BCUT2D eigenvalue weighted by molar-refractivity contribution is -0.385. The van der Waals surface area contributed by atoms with Crippen molar-refractivity contribution in [3.63, 3.8) is 0 Å². The molecule has 0 aliphatic heterocycles. The van der Waals surface area contributed by atoms with Gasteiger partial charge >= 0.3 is 0 Å². The van der Waals surface area contributed by atoms with E-state index >= 15 is 0 Å². The molecule has 0 bridgehead atoms. The highest BCUT2D eigenvalue weighted by molar-refractivity contribution is 14.1. The molecule has 9 heteroatoms. The number of thioether (sulfide) groups is 1. The first-order valence-electron chi connectivity index (χ1n) is 4.28. The summed E-state index contributed by atoms with van der Waals surface area (Å²) in [6.45, 7) is 0. The van der Waals surface area contributed by atoms with E-state index in [1.54, 1.807) is 6.07 Å². The summed E-state index contributed by atoms with van der Waals surface area (Å²) >= 11 is 3.27. The first-order valence-corrected chi connectivity index (χ1v) is 8.83. The van der Waals surface area contributed by atoms with Gasteiger partial charge in [-0.3, -0.25) is 10.1 Å². The average Bonchev–Trinajstić information content (AvgIpc) is 2.18. The monoisotopic (exact) mass is 407 g/mol. The molecule has 0 heterocycles. The van der Waals surface area contributed by atoms with E-state index in [1.807, 2.05) is 22.6 Å². The maximum absolute atomic E-state index is 10.7. The van der Waals surface area contributed by atoms with Crippen molar-refractivity contribution in [2.45, 2.75) is 4.90 Å². The maximum Gasteiger partial charge on any atom is 0.270 e. The van der Waals surface area contributed by atoms with E-state index in [-0.39, 0.29) is 11.4 Å². The number of nitro groups is 1. The van der Waals surface area contributed by atoms with Crippen molar-refractivity contribution in [3.05, 3.63) is 31.9 Å². The van der Waals surface area contributed by atoms with Crippen LogP contribution in [0.2, 0.25) is 0 Å². The van der Waals surface area contributed by atoms with Crippen LogP contribution in [0.1, 0.15) is 0 Å². The van der Waals surface area contributed by atoms with Crippen molar-refractivity contribution in [3.8, 4) is 0 Å². The number of nitro benzene ring substituents is 1. The molecule has 0 unspecified atom stereocenters. The number of nitrogens with zero attached hydrogens (tertiary/aromatic N) is 1. The summed E-state index contributed by atoms with van der Waals surface area (Å²) in [7, 11) is 1.59.